The van der Waals surface area contributed by atoms with E-state index in [-0.39, 0.29) is 0 Å². The lowest BCUT2D eigenvalue weighted by Gasteiger charge is -2.12. The number of methoxy groups -OCH3 is 2. The van der Waals surface area contributed by atoms with Gasteiger partial charge in [-0.05, 0) is 24.1 Å². The second-order valence-corrected chi connectivity index (χ2v) is 3.23. The Kier molecular flexibility index (Phi) is 3.68. The first-order valence-corrected chi connectivity index (χ1v) is 4.58. The van der Waals surface area contributed by atoms with E-state index in [1.165, 1.54) is 7.11 Å². The van der Waals surface area contributed by atoms with Crippen molar-refractivity contribution >= 4 is 5.97 Å². The third-order valence-electron chi connectivity index (χ3n) is 2.25. The minimum Gasteiger partial charge on any atom is -0.496 e. The number of aryl methyl sites for hydroxylation is 1. The highest BCUT2D eigenvalue weighted by molar-refractivity contribution is 5.77. The van der Waals surface area contributed by atoms with E-state index in [2.05, 4.69) is 4.74 Å². The molecule has 0 aliphatic heterocycles. The number of ether oxygens (including phenoxy) is 2. The maximum absolute atomic E-state index is 11.2. The maximum atomic E-state index is 11.2. The molecule has 4 heteroatoms. The Bertz CT molecular complexity index is 363. The van der Waals surface area contributed by atoms with Crippen LogP contribution in [0, 0.1) is 6.92 Å². The molecule has 1 atom stereocenters. The molecule has 0 aromatic heterocycles. The average molecular weight is 209 g/mol. The molecule has 0 aliphatic carbocycles. The van der Waals surface area contributed by atoms with Gasteiger partial charge in [-0.2, -0.15) is 0 Å². The van der Waals surface area contributed by atoms with Crippen molar-refractivity contribution in [3.8, 4) is 5.75 Å². The van der Waals surface area contributed by atoms with Gasteiger partial charge in [0.05, 0.1) is 14.2 Å². The molecule has 0 spiro atoms. The summed E-state index contributed by atoms with van der Waals surface area (Å²) < 4.78 is 9.71. The van der Waals surface area contributed by atoms with Crippen LogP contribution in [0.2, 0.25) is 0 Å². The minimum absolute atomic E-state index is 0.457. The minimum atomic E-state index is -0.760. The molecule has 15 heavy (non-hydrogen) atoms. The van der Waals surface area contributed by atoms with Crippen molar-refractivity contribution < 1.29 is 14.3 Å². The van der Waals surface area contributed by atoms with E-state index in [9.17, 15) is 4.79 Å². The second-order valence-electron chi connectivity index (χ2n) is 3.23. The second kappa shape index (κ2) is 4.79. The Morgan fingerprint density at radius 2 is 2.07 bits per heavy atom. The fraction of sp³-hybridized carbons (Fsp3) is 0.364. The molecule has 0 amide bonds. The number of esters is 1. The van der Waals surface area contributed by atoms with Crippen molar-refractivity contribution in [3.05, 3.63) is 29.3 Å². The lowest BCUT2D eigenvalue weighted by atomic mass is 10.1. The highest BCUT2D eigenvalue weighted by atomic mass is 16.5. The van der Waals surface area contributed by atoms with Gasteiger partial charge in [-0.3, -0.25) is 4.79 Å². The molecule has 1 aromatic rings. The first-order valence-electron chi connectivity index (χ1n) is 4.58. The largest absolute Gasteiger partial charge is 0.496 e. The fourth-order valence-corrected chi connectivity index (χ4v) is 1.29. The summed E-state index contributed by atoms with van der Waals surface area (Å²) in [6, 6.07) is 4.64. The Hall–Kier alpha value is -1.55. The van der Waals surface area contributed by atoms with Crippen LogP contribution in [0.15, 0.2) is 18.2 Å². The topological polar surface area (TPSA) is 61.5 Å². The summed E-state index contributed by atoms with van der Waals surface area (Å²) in [5, 5.41) is 0. The van der Waals surface area contributed by atoms with Crippen LogP contribution in [0.1, 0.15) is 17.2 Å². The van der Waals surface area contributed by atoms with E-state index in [0.717, 1.165) is 5.56 Å². The lowest BCUT2D eigenvalue weighted by Crippen LogP contribution is -2.22. The first kappa shape index (κ1) is 11.5. The van der Waals surface area contributed by atoms with E-state index in [1.54, 1.807) is 19.2 Å². The quantitative estimate of drug-likeness (QED) is 0.759. The van der Waals surface area contributed by atoms with Gasteiger partial charge < -0.3 is 15.2 Å². The lowest BCUT2D eigenvalue weighted by molar-refractivity contribution is -0.142. The van der Waals surface area contributed by atoms with Gasteiger partial charge in [0, 0.05) is 0 Å². The van der Waals surface area contributed by atoms with Crippen LogP contribution in [0.4, 0.5) is 0 Å². The van der Waals surface area contributed by atoms with Crippen molar-refractivity contribution in [3.63, 3.8) is 0 Å². The van der Waals surface area contributed by atoms with E-state index < -0.39 is 12.0 Å². The van der Waals surface area contributed by atoms with Gasteiger partial charge in [0.1, 0.15) is 11.8 Å². The van der Waals surface area contributed by atoms with Crippen molar-refractivity contribution in [2.45, 2.75) is 13.0 Å². The van der Waals surface area contributed by atoms with Crippen LogP contribution in [0.25, 0.3) is 0 Å². The number of hydrogen-bond donors (Lipinski definition) is 1. The number of carbonyl (C=O) groups is 1. The molecule has 0 fully saturated rings. The molecule has 0 saturated heterocycles. The summed E-state index contributed by atoms with van der Waals surface area (Å²) in [6.45, 7) is 1.92. The summed E-state index contributed by atoms with van der Waals surface area (Å²) in [5.41, 5.74) is 7.38. The smallest absolute Gasteiger partial charge is 0.327 e. The van der Waals surface area contributed by atoms with Crippen LogP contribution in [0.3, 0.4) is 0 Å². The number of carbonyl (C=O) groups excluding carboxylic acids is 1. The van der Waals surface area contributed by atoms with E-state index in [0.29, 0.717) is 11.3 Å². The number of rotatable bonds is 3. The molecule has 2 N–H and O–H groups in total. The zero-order valence-corrected chi connectivity index (χ0v) is 9.11. The van der Waals surface area contributed by atoms with Gasteiger partial charge in [0.2, 0.25) is 0 Å². The SMILES string of the molecule is COC(=O)[C@H](N)c1ccc(C)c(OC)c1. The summed E-state index contributed by atoms with van der Waals surface area (Å²) >= 11 is 0. The third-order valence-corrected chi connectivity index (χ3v) is 2.25. The average Bonchev–Trinajstić information content (AvgIpc) is 2.27. The Morgan fingerprint density at radius 3 is 2.60 bits per heavy atom. The van der Waals surface area contributed by atoms with E-state index >= 15 is 0 Å². The predicted molar refractivity (Wildman–Crippen MR) is 56.7 cm³/mol. The Labute approximate surface area is 89.0 Å². The fourth-order valence-electron chi connectivity index (χ4n) is 1.29. The molecule has 0 unspecified atom stereocenters. The zero-order valence-electron chi connectivity index (χ0n) is 9.11. The van der Waals surface area contributed by atoms with Gasteiger partial charge in [-0.1, -0.05) is 12.1 Å². The molecule has 0 heterocycles. The van der Waals surface area contributed by atoms with Crippen molar-refractivity contribution in [1.82, 2.24) is 0 Å². The van der Waals surface area contributed by atoms with E-state index in [4.69, 9.17) is 10.5 Å². The summed E-state index contributed by atoms with van der Waals surface area (Å²) in [4.78, 5) is 11.2. The molecular formula is C11H15NO3. The van der Waals surface area contributed by atoms with Crippen molar-refractivity contribution in [2.75, 3.05) is 14.2 Å². The Balaban J connectivity index is 3.00. The number of nitrogens with two attached hydrogens (primary N) is 1. The normalized spacial score (nSPS) is 12.0. The summed E-state index contributed by atoms with van der Waals surface area (Å²) in [5.74, 6) is 0.257. The van der Waals surface area contributed by atoms with Gasteiger partial charge >= 0.3 is 5.97 Å². The van der Waals surface area contributed by atoms with Crippen LogP contribution in [-0.4, -0.2) is 20.2 Å². The molecule has 0 saturated carbocycles. The van der Waals surface area contributed by atoms with E-state index in [1.807, 2.05) is 13.0 Å². The molecule has 4 nitrogen and oxygen atoms in total. The number of benzene rings is 1. The van der Waals surface area contributed by atoms with Gasteiger partial charge in [-0.15, -0.1) is 0 Å². The summed E-state index contributed by atoms with van der Waals surface area (Å²) in [6.07, 6.45) is 0. The van der Waals surface area contributed by atoms with Crippen LogP contribution < -0.4 is 10.5 Å². The molecule has 0 radical (unpaired) electrons. The van der Waals surface area contributed by atoms with Crippen LogP contribution in [0.5, 0.6) is 5.75 Å². The Morgan fingerprint density at radius 1 is 1.40 bits per heavy atom. The number of hydrogen-bond acceptors (Lipinski definition) is 4. The molecule has 1 rings (SSSR count). The van der Waals surface area contributed by atoms with Gasteiger partial charge in [-0.25, -0.2) is 0 Å². The molecule has 1 aromatic carbocycles. The standard InChI is InChI=1S/C11H15NO3/c1-7-4-5-8(6-9(7)14-2)10(12)11(13)15-3/h4-6,10H,12H2,1-3H3/t10-/m1/s1. The molecule has 0 bridgehead atoms. The van der Waals surface area contributed by atoms with Crippen LogP contribution >= 0.6 is 0 Å². The monoisotopic (exact) mass is 209 g/mol. The predicted octanol–water partition coefficient (Wildman–Crippen LogP) is 1.18. The van der Waals surface area contributed by atoms with Crippen LogP contribution in [-0.2, 0) is 9.53 Å². The zero-order chi connectivity index (χ0) is 11.4. The summed E-state index contributed by atoms with van der Waals surface area (Å²) in [7, 11) is 2.89. The highest BCUT2D eigenvalue weighted by Gasteiger charge is 2.16. The molecular weight excluding hydrogens is 194 g/mol. The van der Waals surface area contributed by atoms with Gasteiger partial charge in [0.25, 0.3) is 0 Å². The molecule has 82 valence electrons. The maximum Gasteiger partial charge on any atom is 0.327 e. The highest BCUT2D eigenvalue weighted by Crippen LogP contribution is 2.22. The van der Waals surface area contributed by atoms with Crippen molar-refractivity contribution in [1.29, 1.82) is 0 Å². The molecule has 0 aliphatic rings. The van der Waals surface area contributed by atoms with Gasteiger partial charge in [0.15, 0.2) is 0 Å². The van der Waals surface area contributed by atoms with Crippen molar-refractivity contribution in [2.24, 2.45) is 5.73 Å². The third kappa shape index (κ3) is 2.47. The first-order chi connectivity index (χ1) is 7.10.